The predicted molar refractivity (Wildman–Crippen MR) is 79.6 cm³/mol. The molecule has 4 nitrogen and oxygen atoms in total. The molecule has 0 spiro atoms. The second kappa shape index (κ2) is 7.58. The first-order chi connectivity index (χ1) is 8.94. The highest BCUT2D eigenvalue weighted by Crippen LogP contribution is 2.25. The first-order valence-electron chi connectivity index (χ1n) is 7.46. The number of ether oxygens (including phenoxy) is 2. The first kappa shape index (κ1) is 16.9. The minimum Gasteiger partial charge on any atom is -0.377 e. The van der Waals surface area contributed by atoms with Crippen LogP contribution in [0.5, 0.6) is 0 Å². The van der Waals surface area contributed by atoms with Crippen LogP contribution in [0.15, 0.2) is 0 Å². The zero-order valence-corrected chi connectivity index (χ0v) is 13.5. The molecule has 0 radical (unpaired) electrons. The Labute approximate surface area is 118 Å². The van der Waals surface area contributed by atoms with Crippen LogP contribution in [-0.4, -0.2) is 63.5 Å². The number of hydrogen-bond donors (Lipinski definition) is 1. The lowest BCUT2D eigenvalue weighted by Gasteiger charge is -2.36. The van der Waals surface area contributed by atoms with Crippen molar-refractivity contribution >= 4 is 0 Å². The third-order valence-electron chi connectivity index (χ3n) is 4.40. The van der Waals surface area contributed by atoms with Crippen molar-refractivity contribution in [2.24, 2.45) is 5.41 Å². The summed E-state index contributed by atoms with van der Waals surface area (Å²) in [7, 11) is 3.55. The van der Waals surface area contributed by atoms with Gasteiger partial charge in [-0.05, 0) is 25.3 Å². The maximum atomic E-state index is 5.50. The van der Waals surface area contributed by atoms with E-state index in [4.69, 9.17) is 9.47 Å². The van der Waals surface area contributed by atoms with Crippen molar-refractivity contribution < 1.29 is 9.47 Å². The minimum atomic E-state index is 0.208. The fourth-order valence-electron chi connectivity index (χ4n) is 2.75. The Morgan fingerprint density at radius 1 is 1.21 bits per heavy atom. The summed E-state index contributed by atoms with van der Waals surface area (Å²) in [6.45, 7) is 13.3. The van der Waals surface area contributed by atoms with Gasteiger partial charge in [-0.15, -0.1) is 0 Å². The smallest absolute Gasteiger partial charge is 0.0971 e. The first-order valence-corrected chi connectivity index (χ1v) is 7.46. The van der Waals surface area contributed by atoms with Crippen LogP contribution < -0.4 is 5.32 Å². The molecule has 1 fully saturated rings. The van der Waals surface area contributed by atoms with E-state index in [9.17, 15) is 0 Å². The molecule has 3 unspecified atom stereocenters. The number of rotatable bonds is 8. The van der Waals surface area contributed by atoms with Crippen molar-refractivity contribution in [1.82, 2.24) is 10.2 Å². The largest absolute Gasteiger partial charge is 0.377 e. The van der Waals surface area contributed by atoms with Gasteiger partial charge in [-0.25, -0.2) is 0 Å². The van der Waals surface area contributed by atoms with Gasteiger partial charge in [0, 0.05) is 39.9 Å². The molecule has 0 bridgehead atoms. The van der Waals surface area contributed by atoms with E-state index in [1.165, 1.54) is 6.42 Å². The van der Waals surface area contributed by atoms with E-state index in [-0.39, 0.29) is 17.6 Å². The van der Waals surface area contributed by atoms with Crippen LogP contribution >= 0.6 is 0 Å². The maximum Gasteiger partial charge on any atom is 0.0971 e. The minimum absolute atomic E-state index is 0.208. The average Bonchev–Trinajstić information content (AvgIpc) is 2.76. The highest BCUT2D eigenvalue weighted by Gasteiger charge is 2.37. The quantitative estimate of drug-likeness (QED) is 0.730. The number of hydrogen-bond acceptors (Lipinski definition) is 4. The van der Waals surface area contributed by atoms with E-state index in [1.807, 2.05) is 0 Å². The predicted octanol–water partition coefficient (Wildman–Crippen LogP) is 1.75. The Bertz CT molecular complexity index is 247. The zero-order chi connectivity index (χ0) is 14.5. The molecule has 0 amide bonds. The molecule has 1 aliphatic heterocycles. The van der Waals surface area contributed by atoms with Gasteiger partial charge < -0.3 is 14.8 Å². The van der Waals surface area contributed by atoms with Gasteiger partial charge in [-0.3, -0.25) is 4.90 Å². The molecule has 1 heterocycles. The standard InChI is InChI=1S/C15H32N2O2/c1-7-8-16-12(2)15(3,4)11-17-9-13(18-5)14(10-17)19-6/h12-14,16H,7-11H2,1-6H3. The third kappa shape index (κ3) is 4.71. The average molecular weight is 272 g/mol. The fourth-order valence-corrected chi connectivity index (χ4v) is 2.75. The van der Waals surface area contributed by atoms with Gasteiger partial charge in [-0.1, -0.05) is 20.8 Å². The van der Waals surface area contributed by atoms with Crippen LogP contribution in [0.4, 0.5) is 0 Å². The Morgan fingerprint density at radius 2 is 1.74 bits per heavy atom. The summed E-state index contributed by atoms with van der Waals surface area (Å²) >= 11 is 0. The molecule has 3 atom stereocenters. The van der Waals surface area contributed by atoms with E-state index in [1.54, 1.807) is 14.2 Å². The van der Waals surface area contributed by atoms with Gasteiger partial charge in [0.2, 0.25) is 0 Å². The SMILES string of the molecule is CCCNC(C)C(C)(C)CN1CC(OC)C(OC)C1. The Kier molecular flexibility index (Phi) is 6.74. The number of nitrogens with one attached hydrogen (secondary N) is 1. The van der Waals surface area contributed by atoms with Crippen molar-refractivity contribution in [3.05, 3.63) is 0 Å². The zero-order valence-electron chi connectivity index (χ0n) is 13.5. The summed E-state index contributed by atoms with van der Waals surface area (Å²) in [4.78, 5) is 2.46. The van der Waals surface area contributed by atoms with E-state index >= 15 is 0 Å². The van der Waals surface area contributed by atoms with Gasteiger partial charge in [0.05, 0.1) is 12.2 Å². The molecular formula is C15H32N2O2. The summed E-state index contributed by atoms with van der Waals surface area (Å²) in [6, 6.07) is 0.509. The van der Waals surface area contributed by atoms with Crippen LogP contribution in [-0.2, 0) is 9.47 Å². The summed E-state index contributed by atoms with van der Waals surface area (Å²) < 4.78 is 11.0. The van der Waals surface area contributed by atoms with Crippen molar-refractivity contribution in [2.45, 2.75) is 52.4 Å². The molecule has 0 aliphatic carbocycles. The van der Waals surface area contributed by atoms with Crippen molar-refractivity contribution in [2.75, 3.05) is 40.4 Å². The summed E-state index contributed by atoms with van der Waals surface area (Å²) in [5.41, 5.74) is 0.246. The normalized spacial score (nSPS) is 26.8. The van der Waals surface area contributed by atoms with Crippen LogP contribution in [0.1, 0.15) is 34.1 Å². The van der Waals surface area contributed by atoms with E-state index in [0.29, 0.717) is 6.04 Å². The van der Waals surface area contributed by atoms with Crippen molar-refractivity contribution in [1.29, 1.82) is 0 Å². The monoisotopic (exact) mass is 272 g/mol. The molecule has 0 aromatic rings. The highest BCUT2D eigenvalue weighted by atomic mass is 16.5. The van der Waals surface area contributed by atoms with Crippen LogP contribution in [0.3, 0.4) is 0 Å². The molecule has 114 valence electrons. The van der Waals surface area contributed by atoms with Gasteiger partial charge in [0.25, 0.3) is 0 Å². The van der Waals surface area contributed by atoms with Crippen LogP contribution in [0.2, 0.25) is 0 Å². The summed E-state index contributed by atoms with van der Waals surface area (Å²) in [5.74, 6) is 0. The molecule has 19 heavy (non-hydrogen) atoms. The summed E-state index contributed by atoms with van der Waals surface area (Å²) in [6.07, 6.45) is 1.60. The lowest BCUT2D eigenvalue weighted by atomic mass is 9.84. The molecule has 0 aromatic heterocycles. The number of methoxy groups -OCH3 is 2. The molecular weight excluding hydrogens is 240 g/mol. The van der Waals surface area contributed by atoms with E-state index in [2.05, 4.69) is 37.9 Å². The Morgan fingerprint density at radius 3 is 2.16 bits per heavy atom. The fraction of sp³-hybridized carbons (Fsp3) is 1.00. The lowest BCUT2D eigenvalue weighted by molar-refractivity contribution is -0.00461. The number of nitrogens with zero attached hydrogens (tertiary/aromatic N) is 1. The second-order valence-electron chi connectivity index (χ2n) is 6.41. The van der Waals surface area contributed by atoms with Gasteiger partial charge in [0.15, 0.2) is 0 Å². The Hall–Kier alpha value is -0.160. The lowest BCUT2D eigenvalue weighted by Crippen LogP contribution is -2.46. The van der Waals surface area contributed by atoms with Gasteiger partial charge in [0.1, 0.15) is 0 Å². The van der Waals surface area contributed by atoms with Crippen molar-refractivity contribution in [3.8, 4) is 0 Å². The van der Waals surface area contributed by atoms with Crippen LogP contribution in [0.25, 0.3) is 0 Å². The van der Waals surface area contributed by atoms with Gasteiger partial charge >= 0.3 is 0 Å². The van der Waals surface area contributed by atoms with E-state index in [0.717, 1.165) is 26.2 Å². The van der Waals surface area contributed by atoms with E-state index < -0.39 is 0 Å². The van der Waals surface area contributed by atoms with Crippen LogP contribution in [0, 0.1) is 5.41 Å². The molecule has 1 rings (SSSR count). The third-order valence-corrected chi connectivity index (χ3v) is 4.40. The van der Waals surface area contributed by atoms with Crippen molar-refractivity contribution in [3.63, 3.8) is 0 Å². The topological polar surface area (TPSA) is 33.7 Å². The Balaban J connectivity index is 2.49. The molecule has 1 N–H and O–H groups in total. The number of likely N-dealkylation sites (tertiary alicyclic amines) is 1. The molecule has 0 saturated carbocycles. The maximum absolute atomic E-state index is 5.50. The molecule has 1 aliphatic rings. The molecule has 1 saturated heterocycles. The molecule has 4 heteroatoms. The second-order valence-corrected chi connectivity index (χ2v) is 6.41. The summed E-state index contributed by atoms with van der Waals surface area (Å²) in [5, 5.41) is 3.61. The molecule has 0 aromatic carbocycles. The highest BCUT2D eigenvalue weighted by molar-refractivity contribution is 4.91. The van der Waals surface area contributed by atoms with Gasteiger partial charge in [-0.2, -0.15) is 0 Å².